The van der Waals surface area contributed by atoms with Crippen LogP contribution in [0.3, 0.4) is 0 Å². The molecule has 0 saturated carbocycles. The number of hydrogen-bond donors (Lipinski definition) is 0. The molecule has 2 aliphatic rings. The van der Waals surface area contributed by atoms with Crippen molar-refractivity contribution in [2.45, 2.75) is 44.6 Å². The molecule has 2 saturated heterocycles. The maximum atomic E-state index is 12.2. The van der Waals surface area contributed by atoms with Gasteiger partial charge < -0.3 is 14.5 Å². The highest BCUT2D eigenvalue weighted by Crippen LogP contribution is 2.19. The van der Waals surface area contributed by atoms with Gasteiger partial charge in [-0.25, -0.2) is 0 Å². The molecule has 2 rings (SSSR count). The Morgan fingerprint density at radius 2 is 2.21 bits per heavy atom. The van der Waals surface area contributed by atoms with Crippen molar-refractivity contribution in [1.29, 1.82) is 0 Å². The van der Waals surface area contributed by atoms with E-state index in [0.717, 1.165) is 45.3 Å². The molecule has 0 bridgehead atoms. The summed E-state index contributed by atoms with van der Waals surface area (Å²) in [6.45, 7) is 3.09. The summed E-state index contributed by atoms with van der Waals surface area (Å²) >= 11 is 0. The summed E-state index contributed by atoms with van der Waals surface area (Å²) in [4.78, 5) is 27.4. The summed E-state index contributed by atoms with van der Waals surface area (Å²) in [5.74, 6) is 0.456. The highest BCUT2D eigenvalue weighted by Gasteiger charge is 2.28. The molecule has 0 radical (unpaired) electrons. The van der Waals surface area contributed by atoms with Crippen LogP contribution in [-0.4, -0.2) is 61.0 Å². The second kappa shape index (κ2) is 6.89. The van der Waals surface area contributed by atoms with Crippen LogP contribution in [0.25, 0.3) is 0 Å². The minimum Gasteiger partial charge on any atom is -0.383 e. The third kappa shape index (κ3) is 3.69. The molecule has 0 spiro atoms. The summed E-state index contributed by atoms with van der Waals surface area (Å²) in [7, 11) is 1.68. The Kier molecular flexibility index (Phi) is 5.19. The van der Waals surface area contributed by atoms with E-state index in [1.165, 1.54) is 0 Å². The van der Waals surface area contributed by atoms with E-state index < -0.39 is 0 Å². The fourth-order valence-corrected chi connectivity index (χ4v) is 3.03. The van der Waals surface area contributed by atoms with Crippen molar-refractivity contribution in [3.63, 3.8) is 0 Å². The molecule has 0 aromatic rings. The first-order valence-corrected chi connectivity index (χ1v) is 7.28. The van der Waals surface area contributed by atoms with Crippen molar-refractivity contribution >= 4 is 11.8 Å². The molecule has 0 aliphatic carbocycles. The van der Waals surface area contributed by atoms with E-state index in [1.807, 2.05) is 9.80 Å². The Bertz CT molecular complexity index is 333. The van der Waals surface area contributed by atoms with Crippen LogP contribution in [-0.2, 0) is 14.3 Å². The molecule has 5 nitrogen and oxygen atoms in total. The van der Waals surface area contributed by atoms with Gasteiger partial charge >= 0.3 is 0 Å². The van der Waals surface area contributed by atoms with Gasteiger partial charge in [0.25, 0.3) is 0 Å². The molecule has 2 aliphatic heterocycles. The van der Waals surface area contributed by atoms with E-state index in [1.54, 1.807) is 7.11 Å². The molecule has 0 aromatic carbocycles. The zero-order chi connectivity index (χ0) is 13.7. The lowest BCUT2D eigenvalue weighted by atomic mass is 10.2. The fourth-order valence-electron chi connectivity index (χ4n) is 3.03. The summed E-state index contributed by atoms with van der Waals surface area (Å²) in [6, 6.07) is 0.255. The lowest BCUT2D eigenvalue weighted by Gasteiger charge is -2.24. The van der Waals surface area contributed by atoms with Gasteiger partial charge in [-0.3, -0.25) is 9.59 Å². The second-order valence-electron chi connectivity index (χ2n) is 5.43. The minimum atomic E-state index is 0.214. The van der Waals surface area contributed by atoms with Gasteiger partial charge in [0.1, 0.15) is 0 Å². The number of methoxy groups -OCH3 is 1. The van der Waals surface area contributed by atoms with Gasteiger partial charge in [-0.15, -0.1) is 0 Å². The van der Waals surface area contributed by atoms with Gasteiger partial charge in [-0.1, -0.05) is 0 Å². The monoisotopic (exact) mass is 268 g/mol. The maximum Gasteiger partial charge on any atom is 0.222 e. The van der Waals surface area contributed by atoms with Gasteiger partial charge in [0.2, 0.25) is 11.8 Å². The van der Waals surface area contributed by atoms with Crippen LogP contribution >= 0.6 is 0 Å². The van der Waals surface area contributed by atoms with Crippen molar-refractivity contribution in [2.75, 3.05) is 33.4 Å². The van der Waals surface area contributed by atoms with E-state index >= 15 is 0 Å². The van der Waals surface area contributed by atoms with Crippen molar-refractivity contribution in [3.05, 3.63) is 0 Å². The third-order valence-corrected chi connectivity index (χ3v) is 4.05. The molecule has 19 heavy (non-hydrogen) atoms. The summed E-state index contributed by atoms with van der Waals surface area (Å²) in [5, 5.41) is 0. The van der Waals surface area contributed by atoms with Crippen LogP contribution in [0.5, 0.6) is 0 Å². The first-order valence-electron chi connectivity index (χ1n) is 7.28. The average molecular weight is 268 g/mol. The molecule has 2 amide bonds. The summed E-state index contributed by atoms with van der Waals surface area (Å²) < 4.78 is 5.16. The number of likely N-dealkylation sites (tertiary alicyclic amines) is 2. The molecule has 0 N–H and O–H groups in total. The van der Waals surface area contributed by atoms with Crippen molar-refractivity contribution in [2.24, 2.45) is 0 Å². The van der Waals surface area contributed by atoms with Crippen LogP contribution in [0, 0.1) is 0 Å². The van der Waals surface area contributed by atoms with Gasteiger partial charge in [0.05, 0.1) is 12.6 Å². The van der Waals surface area contributed by atoms with Gasteiger partial charge in [-0.2, -0.15) is 0 Å². The van der Waals surface area contributed by atoms with Crippen molar-refractivity contribution in [3.8, 4) is 0 Å². The Labute approximate surface area is 114 Å². The smallest absolute Gasteiger partial charge is 0.222 e. The lowest BCUT2D eigenvalue weighted by Crippen LogP contribution is -2.38. The molecule has 2 heterocycles. The number of rotatable bonds is 6. The summed E-state index contributed by atoms with van der Waals surface area (Å²) in [6.07, 6.45) is 5.09. The van der Waals surface area contributed by atoms with Crippen molar-refractivity contribution in [1.82, 2.24) is 9.80 Å². The van der Waals surface area contributed by atoms with Gasteiger partial charge in [0.15, 0.2) is 0 Å². The third-order valence-electron chi connectivity index (χ3n) is 4.05. The highest BCUT2D eigenvalue weighted by atomic mass is 16.5. The number of amides is 2. The fraction of sp³-hybridized carbons (Fsp3) is 0.857. The quantitative estimate of drug-likeness (QED) is 0.723. The van der Waals surface area contributed by atoms with Crippen molar-refractivity contribution < 1.29 is 14.3 Å². The van der Waals surface area contributed by atoms with Crippen LogP contribution < -0.4 is 0 Å². The zero-order valence-electron chi connectivity index (χ0n) is 11.8. The predicted molar refractivity (Wildman–Crippen MR) is 71.7 cm³/mol. The largest absolute Gasteiger partial charge is 0.383 e. The zero-order valence-corrected chi connectivity index (χ0v) is 11.8. The van der Waals surface area contributed by atoms with Crippen LogP contribution in [0.15, 0.2) is 0 Å². The molecule has 0 unspecified atom stereocenters. The highest BCUT2D eigenvalue weighted by molar-refractivity contribution is 5.78. The van der Waals surface area contributed by atoms with E-state index in [9.17, 15) is 9.59 Å². The summed E-state index contributed by atoms with van der Waals surface area (Å²) in [5.41, 5.74) is 0. The van der Waals surface area contributed by atoms with Crippen LogP contribution in [0.4, 0.5) is 0 Å². The Morgan fingerprint density at radius 3 is 2.89 bits per heavy atom. The predicted octanol–water partition coefficient (Wildman–Crippen LogP) is 1.03. The lowest BCUT2D eigenvalue weighted by molar-refractivity contribution is -0.134. The average Bonchev–Trinajstić information content (AvgIpc) is 3.00. The minimum absolute atomic E-state index is 0.214. The van der Waals surface area contributed by atoms with E-state index in [0.29, 0.717) is 19.4 Å². The SMILES string of the molecule is COC[C@@H]1CCCN1C(=O)CCCN1CCCC1=O. The molecule has 5 heteroatoms. The number of nitrogens with zero attached hydrogens (tertiary/aromatic N) is 2. The maximum absolute atomic E-state index is 12.2. The molecule has 1 atom stereocenters. The Balaban J connectivity index is 1.70. The second-order valence-corrected chi connectivity index (χ2v) is 5.43. The Morgan fingerprint density at radius 1 is 1.37 bits per heavy atom. The molecular formula is C14H24N2O3. The first kappa shape index (κ1) is 14.3. The normalized spacial score (nSPS) is 23.4. The topological polar surface area (TPSA) is 49.9 Å². The number of ether oxygens (including phenoxy) is 1. The molecule has 0 aromatic heterocycles. The molecule has 108 valence electrons. The van der Waals surface area contributed by atoms with E-state index in [4.69, 9.17) is 4.74 Å². The standard InChI is InChI=1S/C14H24N2O3/c1-19-11-12-5-2-10-16(12)14(18)7-4-9-15-8-3-6-13(15)17/h12H,2-11H2,1H3/t12-/m0/s1. The first-order chi connectivity index (χ1) is 9.22. The van der Waals surface area contributed by atoms with E-state index in [2.05, 4.69) is 0 Å². The van der Waals surface area contributed by atoms with E-state index in [-0.39, 0.29) is 17.9 Å². The number of hydrogen-bond acceptors (Lipinski definition) is 3. The molecule has 2 fully saturated rings. The van der Waals surface area contributed by atoms with Crippen LogP contribution in [0.1, 0.15) is 38.5 Å². The number of carbonyl (C=O) groups excluding carboxylic acids is 2. The molecular weight excluding hydrogens is 244 g/mol. The van der Waals surface area contributed by atoms with Crippen LogP contribution in [0.2, 0.25) is 0 Å². The number of carbonyl (C=O) groups is 2. The van der Waals surface area contributed by atoms with Gasteiger partial charge in [-0.05, 0) is 25.7 Å². The Hall–Kier alpha value is -1.10. The van der Waals surface area contributed by atoms with Gasteiger partial charge in [0, 0.05) is 39.6 Å².